The van der Waals surface area contributed by atoms with Gasteiger partial charge in [0, 0.05) is 25.5 Å². The second-order valence-electron chi connectivity index (χ2n) is 5.18. The van der Waals surface area contributed by atoms with Crippen molar-refractivity contribution in [1.82, 2.24) is 4.90 Å². The smallest absolute Gasteiger partial charge is 0.255 e. The van der Waals surface area contributed by atoms with E-state index in [9.17, 15) is 4.79 Å². The molecule has 110 valence electrons. The van der Waals surface area contributed by atoms with Crippen molar-refractivity contribution in [2.24, 2.45) is 0 Å². The molecule has 0 atom stereocenters. The Morgan fingerprint density at radius 2 is 1.95 bits per heavy atom. The van der Waals surface area contributed by atoms with Gasteiger partial charge in [-0.3, -0.25) is 4.79 Å². The first-order chi connectivity index (χ1) is 10.0. The number of amides is 1. The van der Waals surface area contributed by atoms with E-state index >= 15 is 0 Å². The van der Waals surface area contributed by atoms with Crippen molar-refractivity contribution in [2.45, 2.75) is 13.3 Å². The van der Waals surface area contributed by atoms with Gasteiger partial charge in [0.25, 0.3) is 5.91 Å². The van der Waals surface area contributed by atoms with Crippen LogP contribution in [0.4, 0.5) is 17.1 Å². The standard InChI is InChI=1S/C17H21N3O/c1-4-12-6-5-7-14(10-12)19-16-11-13(18)8-9-15(16)17(21)20(2)3/h5-11,19H,4,18H2,1-3H3. The Morgan fingerprint density at radius 3 is 2.62 bits per heavy atom. The molecule has 0 bridgehead atoms. The largest absolute Gasteiger partial charge is 0.399 e. The molecule has 4 heteroatoms. The lowest BCUT2D eigenvalue weighted by Gasteiger charge is -2.16. The van der Waals surface area contributed by atoms with E-state index in [0.29, 0.717) is 11.3 Å². The van der Waals surface area contributed by atoms with Crippen molar-refractivity contribution < 1.29 is 4.79 Å². The number of carbonyl (C=O) groups excluding carboxylic acids is 1. The number of hydrogen-bond donors (Lipinski definition) is 2. The summed E-state index contributed by atoms with van der Waals surface area (Å²) in [5.41, 5.74) is 10.00. The zero-order valence-electron chi connectivity index (χ0n) is 12.7. The van der Waals surface area contributed by atoms with Crippen LogP contribution in [-0.2, 0) is 6.42 Å². The van der Waals surface area contributed by atoms with Crippen LogP contribution in [0, 0.1) is 0 Å². The van der Waals surface area contributed by atoms with Crippen molar-refractivity contribution in [2.75, 3.05) is 25.1 Å². The number of nitrogens with one attached hydrogen (secondary N) is 1. The normalized spacial score (nSPS) is 10.2. The third-order valence-electron chi connectivity index (χ3n) is 3.29. The number of carbonyl (C=O) groups is 1. The Bertz CT molecular complexity index is 650. The third-order valence-corrected chi connectivity index (χ3v) is 3.29. The number of aryl methyl sites for hydroxylation is 1. The molecule has 0 unspecified atom stereocenters. The number of benzene rings is 2. The van der Waals surface area contributed by atoms with Crippen molar-refractivity contribution in [1.29, 1.82) is 0 Å². The van der Waals surface area contributed by atoms with Gasteiger partial charge in [0.15, 0.2) is 0 Å². The first-order valence-corrected chi connectivity index (χ1v) is 6.98. The van der Waals surface area contributed by atoms with Crippen LogP contribution in [-0.4, -0.2) is 24.9 Å². The van der Waals surface area contributed by atoms with Gasteiger partial charge in [0.05, 0.1) is 11.3 Å². The SMILES string of the molecule is CCc1cccc(Nc2cc(N)ccc2C(=O)N(C)C)c1. The summed E-state index contributed by atoms with van der Waals surface area (Å²) in [4.78, 5) is 13.8. The number of nitrogen functional groups attached to an aromatic ring is 1. The number of rotatable bonds is 4. The van der Waals surface area contributed by atoms with Crippen molar-refractivity contribution in [3.05, 3.63) is 53.6 Å². The van der Waals surface area contributed by atoms with Gasteiger partial charge < -0.3 is 16.0 Å². The zero-order valence-corrected chi connectivity index (χ0v) is 12.7. The average Bonchev–Trinajstić information content (AvgIpc) is 2.47. The van der Waals surface area contributed by atoms with E-state index in [1.165, 1.54) is 5.56 Å². The molecule has 0 fully saturated rings. The predicted molar refractivity (Wildman–Crippen MR) is 88.0 cm³/mol. The fourth-order valence-electron chi connectivity index (χ4n) is 2.12. The van der Waals surface area contributed by atoms with Crippen LogP contribution in [0.25, 0.3) is 0 Å². The maximum Gasteiger partial charge on any atom is 0.255 e. The molecule has 0 heterocycles. The lowest BCUT2D eigenvalue weighted by atomic mass is 10.1. The fraction of sp³-hybridized carbons (Fsp3) is 0.235. The van der Waals surface area contributed by atoms with E-state index in [2.05, 4.69) is 24.4 Å². The van der Waals surface area contributed by atoms with Gasteiger partial charge in [-0.15, -0.1) is 0 Å². The molecule has 1 amide bonds. The second kappa shape index (κ2) is 6.31. The first-order valence-electron chi connectivity index (χ1n) is 6.98. The Hall–Kier alpha value is -2.49. The molecule has 21 heavy (non-hydrogen) atoms. The minimum absolute atomic E-state index is 0.0517. The molecule has 2 aromatic carbocycles. The van der Waals surface area contributed by atoms with Crippen molar-refractivity contribution >= 4 is 23.0 Å². The third kappa shape index (κ3) is 3.54. The Morgan fingerprint density at radius 1 is 1.19 bits per heavy atom. The summed E-state index contributed by atoms with van der Waals surface area (Å²) in [6.45, 7) is 2.11. The maximum absolute atomic E-state index is 12.2. The minimum atomic E-state index is -0.0517. The highest BCUT2D eigenvalue weighted by atomic mass is 16.2. The topological polar surface area (TPSA) is 58.4 Å². The fourth-order valence-corrected chi connectivity index (χ4v) is 2.12. The van der Waals surface area contributed by atoms with Crippen molar-refractivity contribution in [3.63, 3.8) is 0 Å². The lowest BCUT2D eigenvalue weighted by molar-refractivity contribution is 0.0828. The van der Waals surface area contributed by atoms with Crippen LogP contribution in [0.5, 0.6) is 0 Å². The molecular weight excluding hydrogens is 262 g/mol. The van der Waals surface area contributed by atoms with Crippen LogP contribution in [0.15, 0.2) is 42.5 Å². The second-order valence-corrected chi connectivity index (χ2v) is 5.18. The average molecular weight is 283 g/mol. The molecule has 3 N–H and O–H groups in total. The van der Waals surface area contributed by atoms with Gasteiger partial charge >= 0.3 is 0 Å². The van der Waals surface area contributed by atoms with Gasteiger partial charge in [-0.05, 0) is 42.3 Å². The van der Waals surface area contributed by atoms with E-state index in [0.717, 1.165) is 17.8 Å². The summed E-state index contributed by atoms with van der Waals surface area (Å²) in [5, 5.41) is 3.30. The zero-order chi connectivity index (χ0) is 15.4. The van der Waals surface area contributed by atoms with Gasteiger partial charge in [0.1, 0.15) is 0 Å². The summed E-state index contributed by atoms with van der Waals surface area (Å²) in [6.07, 6.45) is 0.968. The highest BCUT2D eigenvalue weighted by molar-refractivity contribution is 6.00. The molecule has 0 spiro atoms. The highest BCUT2D eigenvalue weighted by Gasteiger charge is 2.13. The Labute approximate surface area is 125 Å². The van der Waals surface area contributed by atoms with E-state index in [1.54, 1.807) is 37.2 Å². The van der Waals surface area contributed by atoms with Gasteiger partial charge in [0.2, 0.25) is 0 Å². The number of nitrogens with two attached hydrogens (primary N) is 1. The van der Waals surface area contributed by atoms with E-state index in [1.807, 2.05) is 12.1 Å². The van der Waals surface area contributed by atoms with E-state index < -0.39 is 0 Å². The van der Waals surface area contributed by atoms with Crippen LogP contribution < -0.4 is 11.1 Å². The van der Waals surface area contributed by atoms with Crippen molar-refractivity contribution in [3.8, 4) is 0 Å². The quantitative estimate of drug-likeness (QED) is 0.847. The predicted octanol–water partition coefficient (Wildman–Crippen LogP) is 3.28. The minimum Gasteiger partial charge on any atom is -0.399 e. The van der Waals surface area contributed by atoms with Gasteiger partial charge in [-0.25, -0.2) is 0 Å². The van der Waals surface area contributed by atoms with Crippen LogP contribution >= 0.6 is 0 Å². The maximum atomic E-state index is 12.2. The molecule has 0 radical (unpaired) electrons. The number of anilines is 3. The summed E-state index contributed by atoms with van der Waals surface area (Å²) in [7, 11) is 3.47. The number of nitrogens with zero attached hydrogens (tertiary/aromatic N) is 1. The lowest BCUT2D eigenvalue weighted by Crippen LogP contribution is -2.22. The Kier molecular flexibility index (Phi) is 4.48. The number of hydrogen-bond acceptors (Lipinski definition) is 3. The summed E-state index contributed by atoms with van der Waals surface area (Å²) >= 11 is 0. The highest BCUT2D eigenvalue weighted by Crippen LogP contribution is 2.25. The molecular formula is C17H21N3O. The molecule has 2 rings (SSSR count). The van der Waals surface area contributed by atoms with Crippen LogP contribution in [0.3, 0.4) is 0 Å². The Balaban J connectivity index is 2.38. The van der Waals surface area contributed by atoms with E-state index in [-0.39, 0.29) is 5.91 Å². The molecule has 0 aliphatic rings. The van der Waals surface area contributed by atoms with Crippen LogP contribution in [0.2, 0.25) is 0 Å². The molecule has 0 aliphatic carbocycles. The monoisotopic (exact) mass is 283 g/mol. The first kappa shape index (κ1) is 14.9. The molecule has 2 aromatic rings. The molecule has 0 aromatic heterocycles. The van der Waals surface area contributed by atoms with Crippen LogP contribution in [0.1, 0.15) is 22.8 Å². The summed E-state index contributed by atoms with van der Waals surface area (Å²) in [5.74, 6) is -0.0517. The van der Waals surface area contributed by atoms with Gasteiger partial charge in [-0.2, -0.15) is 0 Å². The molecule has 0 aliphatic heterocycles. The summed E-state index contributed by atoms with van der Waals surface area (Å²) in [6, 6.07) is 13.4. The van der Waals surface area contributed by atoms with E-state index in [4.69, 9.17) is 5.73 Å². The molecule has 0 saturated carbocycles. The molecule has 4 nitrogen and oxygen atoms in total. The van der Waals surface area contributed by atoms with Gasteiger partial charge in [-0.1, -0.05) is 19.1 Å². The summed E-state index contributed by atoms with van der Waals surface area (Å²) < 4.78 is 0. The molecule has 0 saturated heterocycles.